The van der Waals surface area contributed by atoms with Gasteiger partial charge in [0.05, 0.1) is 0 Å². The molecule has 4 unspecified atom stereocenters. The van der Waals surface area contributed by atoms with Crippen LogP contribution in [0.5, 0.6) is 0 Å². The molecule has 0 radical (unpaired) electrons. The fourth-order valence-electron chi connectivity index (χ4n) is 8.01. The van der Waals surface area contributed by atoms with Crippen molar-refractivity contribution in [1.29, 1.82) is 0 Å². The second-order valence-electron chi connectivity index (χ2n) is 15.2. The van der Waals surface area contributed by atoms with E-state index in [1.165, 1.54) is 77.9 Å². The van der Waals surface area contributed by atoms with Gasteiger partial charge < -0.3 is 0 Å². The molecule has 0 saturated carbocycles. The van der Waals surface area contributed by atoms with E-state index in [1.807, 2.05) is 12.4 Å². The minimum absolute atomic E-state index is 0.339. The van der Waals surface area contributed by atoms with Crippen LogP contribution in [0, 0.1) is 13.8 Å². The molecule has 0 amide bonds. The molecule has 2 heterocycles. The van der Waals surface area contributed by atoms with Gasteiger partial charge in [0.1, 0.15) is 0 Å². The van der Waals surface area contributed by atoms with Crippen molar-refractivity contribution in [2.75, 3.05) is 0 Å². The van der Waals surface area contributed by atoms with E-state index in [-0.39, 0.29) is 0 Å². The molecule has 0 N–H and O–H groups in total. The predicted octanol–water partition coefficient (Wildman–Crippen LogP) is 13.4. The van der Waals surface area contributed by atoms with E-state index < -0.39 is 23.2 Å². The zero-order valence-corrected chi connectivity index (χ0v) is 34.3. The van der Waals surface area contributed by atoms with Crippen LogP contribution in [0.15, 0.2) is 122 Å². The molecule has 262 valence electrons. The SMILES string of the molecule is CCC(C)c1ccc(-c2cccc3c2C=C(c2ccc(C)cn2)[CH]3[Zr][CH]2C(c3ccc(C)cn3)=Cc3c(-c4ccc(C(C)CC)cc4)cccc32)cc1. The summed E-state index contributed by atoms with van der Waals surface area (Å²) in [6, 6.07) is 41.5. The maximum atomic E-state index is 5.05. The van der Waals surface area contributed by atoms with Gasteiger partial charge >= 0.3 is 330 Å². The molecule has 0 aliphatic heterocycles. The molecule has 3 heteroatoms. The first-order chi connectivity index (χ1) is 25.8. The van der Waals surface area contributed by atoms with Crippen molar-refractivity contribution in [3.8, 4) is 22.3 Å². The number of hydrogen-bond acceptors (Lipinski definition) is 2. The summed E-state index contributed by atoms with van der Waals surface area (Å²) < 4.78 is 0.679. The van der Waals surface area contributed by atoms with E-state index in [9.17, 15) is 0 Å². The Morgan fingerprint density at radius 2 is 0.943 bits per heavy atom. The van der Waals surface area contributed by atoms with Gasteiger partial charge in [0.25, 0.3) is 0 Å². The second-order valence-corrected chi connectivity index (χ2v) is 18.8. The summed E-state index contributed by atoms with van der Waals surface area (Å²) in [5.74, 6) is 1.12. The van der Waals surface area contributed by atoms with E-state index in [0.717, 1.165) is 24.2 Å². The maximum absolute atomic E-state index is 5.05. The van der Waals surface area contributed by atoms with Crippen LogP contribution in [0.2, 0.25) is 0 Å². The third kappa shape index (κ3) is 6.90. The summed E-state index contributed by atoms with van der Waals surface area (Å²) in [6.07, 6.45) is 11.3. The Hall–Kier alpha value is -4.46. The van der Waals surface area contributed by atoms with Crippen molar-refractivity contribution >= 4 is 23.3 Å². The van der Waals surface area contributed by atoms with Crippen molar-refractivity contribution in [1.82, 2.24) is 9.97 Å². The van der Waals surface area contributed by atoms with Crippen LogP contribution in [-0.4, -0.2) is 9.97 Å². The Balaban J connectivity index is 1.24. The molecule has 8 rings (SSSR count). The molecule has 0 fully saturated rings. The van der Waals surface area contributed by atoms with Gasteiger partial charge in [0.15, 0.2) is 0 Å². The van der Waals surface area contributed by atoms with Gasteiger partial charge in [0.2, 0.25) is 0 Å². The Bertz CT molecular complexity index is 2150. The summed E-state index contributed by atoms with van der Waals surface area (Å²) in [7, 11) is 0. The Morgan fingerprint density at radius 3 is 1.30 bits per heavy atom. The van der Waals surface area contributed by atoms with Crippen molar-refractivity contribution in [3.63, 3.8) is 0 Å². The van der Waals surface area contributed by atoms with Crippen molar-refractivity contribution in [2.45, 2.75) is 73.5 Å². The standard InChI is InChI=1S/2C25H24N.Zr/c2*1-4-18(3)19-9-11-20(12-10-19)23-7-5-6-21-14-22(15-24(21)23)25-13-8-17(2)16-26-25;/h2*5-16,18H,4H2,1-3H3;. The first-order valence-electron chi connectivity index (χ1n) is 19.3. The fourth-order valence-corrected chi connectivity index (χ4v) is 13.0. The molecule has 0 saturated heterocycles. The summed E-state index contributed by atoms with van der Waals surface area (Å²) in [5.41, 5.74) is 21.0. The Morgan fingerprint density at radius 1 is 0.528 bits per heavy atom. The minimum atomic E-state index is -1.31. The molecular formula is C50H48N2Zr. The van der Waals surface area contributed by atoms with Gasteiger partial charge in [0, 0.05) is 0 Å². The average molecular weight is 768 g/mol. The Labute approximate surface area is 327 Å². The Kier molecular flexibility index (Phi) is 10.1. The number of nitrogens with zero attached hydrogens (tertiary/aromatic N) is 2. The summed E-state index contributed by atoms with van der Waals surface area (Å²) in [6.45, 7) is 13.4. The number of allylic oxidation sites excluding steroid dienone is 2. The quantitative estimate of drug-likeness (QED) is 0.139. The predicted molar refractivity (Wildman–Crippen MR) is 220 cm³/mol. The molecule has 0 bridgehead atoms. The average Bonchev–Trinajstić information content (AvgIpc) is 3.76. The van der Waals surface area contributed by atoms with Gasteiger partial charge in [-0.2, -0.15) is 0 Å². The second kappa shape index (κ2) is 15.1. The molecule has 2 aromatic heterocycles. The van der Waals surface area contributed by atoms with Gasteiger partial charge in [-0.1, -0.05) is 0 Å². The monoisotopic (exact) mass is 766 g/mol. The van der Waals surface area contributed by atoms with Crippen LogP contribution in [0.25, 0.3) is 45.6 Å². The summed E-state index contributed by atoms with van der Waals surface area (Å²) in [4.78, 5) is 10.1. The van der Waals surface area contributed by atoms with Gasteiger partial charge in [-0.05, 0) is 0 Å². The molecule has 4 aromatic carbocycles. The zero-order valence-electron chi connectivity index (χ0n) is 31.8. The normalized spacial score (nSPS) is 17.1. The first-order valence-corrected chi connectivity index (χ1v) is 22.2. The molecule has 53 heavy (non-hydrogen) atoms. The molecule has 2 aliphatic carbocycles. The molecule has 6 aromatic rings. The van der Waals surface area contributed by atoms with Gasteiger partial charge in [-0.25, -0.2) is 0 Å². The van der Waals surface area contributed by atoms with Crippen LogP contribution in [-0.2, 0) is 23.2 Å². The third-order valence-corrected chi connectivity index (χ3v) is 16.4. The summed E-state index contributed by atoms with van der Waals surface area (Å²) >= 11 is -1.31. The zero-order chi connectivity index (χ0) is 36.6. The molecular weight excluding hydrogens is 720 g/mol. The molecule has 0 spiro atoms. The van der Waals surface area contributed by atoms with Crippen LogP contribution < -0.4 is 0 Å². The third-order valence-electron chi connectivity index (χ3n) is 11.7. The number of aromatic nitrogens is 2. The number of hydrogen-bond donors (Lipinski definition) is 0. The van der Waals surface area contributed by atoms with Crippen LogP contribution in [0.4, 0.5) is 0 Å². The van der Waals surface area contributed by atoms with Crippen LogP contribution in [0.3, 0.4) is 0 Å². The van der Waals surface area contributed by atoms with E-state index in [2.05, 4.69) is 163 Å². The fraction of sp³-hybridized carbons (Fsp3) is 0.240. The van der Waals surface area contributed by atoms with E-state index in [4.69, 9.17) is 9.97 Å². The van der Waals surface area contributed by atoms with Gasteiger partial charge in [-0.15, -0.1) is 0 Å². The number of fused-ring (bicyclic) bond motifs is 2. The van der Waals surface area contributed by atoms with Crippen LogP contribution in [0.1, 0.15) is 116 Å². The molecule has 2 nitrogen and oxygen atoms in total. The number of aryl methyl sites for hydroxylation is 2. The van der Waals surface area contributed by atoms with Crippen molar-refractivity contribution in [3.05, 3.63) is 177 Å². The number of pyridine rings is 2. The molecule has 2 aliphatic rings. The van der Waals surface area contributed by atoms with E-state index in [1.54, 1.807) is 0 Å². The van der Waals surface area contributed by atoms with Gasteiger partial charge in [-0.3, -0.25) is 0 Å². The van der Waals surface area contributed by atoms with E-state index in [0.29, 0.717) is 19.1 Å². The van der Waals surface area contributed by atoms with Crippen molar-refractivity contribution < 1.29 is 23.2 Å². The number of rotatable bonds is 10. The topological polar surface area (TPSA) is 25.8 Å². The summed E-state index contributed by atoms with van der Waals surface area (Å²) in [5, 5.41) is 0. The van der Waals surface area contributed by atoms with E-state index >= 15 is 0 Å². The van der Waals surface area contributed by atoms with Crippen molar-refractivity contribution in [2.24, 2.45) is 0 Å². The first kappa shape index (κ1) is 35.6. The molecule has 4 atom stereocenters. The van der Waals surface area contributed by atoms with Crippen LogP contribution >= 0.6 is 0 Å². The number of benzene rings is 4.